The topological polar surface area (TPSA) is 88.5 Å². The van der Waals surface area contributed by atoms with Crippen LogP contribution in [-0.2, 0) is 6.18 Å². The zero-order chi connectivity index (χ0) is 23.6. The maximum Gasteiger partial charge on any atom is 0.416 e. The Morgan fingerprint density at radius 3 is 2.12 bits per heavy atom. The number of carbonyl (C=O) groups is 2. The third kappa shape index (κ3) is 4.88. The quantitative estimate of drug-likeness (QED) is 0.426. The molecule has 9 heteroatoms. The lowest BCUT2D eigenvalue weighted by Crippen LogP contribution is -2.15. The van der Waals surface area contributed by atoms with Crippen molar-refractivity contribution in [2.75, 3.05) is 5.32 Å². The van der Waals surface area contributed by atoms with Crippen molar-refractivity contribution in [3.8, 4) is 11.5 Å². The number of carbonyl (C=O) groups excluding carboxylic acids is 2. The molecule has 2 aromatic carbocycles. The molecule has 0 aliphatic carbocycles. The number of ether oxygens (including phenoxy) is 1. The summed E-state index contributed by atoms with van der Waals surface area (Å²) in [5, 5.41) is 12.7. The number of nitrogens with zero attached hydrogens (tertiary/aromatic N) is 1. The van der Waals surface area contributed by atoms with Gasteiger partial charge in [0.1, 0.15) is 11.5 Å². The van der Waals surface area contributed by atoms with E-state index in [1.807, 2.05) is 0 Å². The zero-order valence-electron chi connectivity index (χ0n) is 17.4. The summed E-state index contributed by atoms with van der Waals surface area (Å²) in [4.78, 5) is 28.7. The molecule has 0 saturated carbocycles. The van der Waals surface area contributed by atoms with Crippen molar-refractivity contribution in [2.24, 2.45) is 0 Å². The highest BCUT2D eigenvalue weighted by Gasteiger charge is 2.30. The van der Waals surface area contributed by atoms with E-state index in [2.05, 4.69) is 10.3 Å². The van der Waals surface area contributed by atoms with Gasteiger partial charge in [-0.15, -0.1) is 0 Å². The molecule has 3 aromatic rings. The summed E-state index contributed by atoms with van der Waals surface area (Å²) < 4.78 is 43.4. The SMILES string of the molecule is Cc1ccnc(C(=O)Nc2cc(C)c(OC(=O)c3ccc(C(F)(F)F)cc3)c(C)c2)c1O. The molecule has 0 bridgehead atoms. The van der Waals surface area contributed by atoms with Crippen LogP contribution in [0.2, 0.25) is 0 Å². The summed E-state index contributed by atoms with van der Waals surface area (Å²) in [5.41, 5.74) is 0.901. The Balaban J connectivity index is 1.78. The van der Waals surface area contributed by atoms with Gasteiger partial charge >= 0.3 is 12.1 Å². The molecule has 0 radical (unpaired) electrons. The molecule has 0 fully saturated rings. The van der Waals surface area contributed by atoms with E-state index in [1.54, 1.807) is 39.0 Å². The van der Waals surface area contributed by atoms with E-state index in [4.69, 9.17) is 4.74 Å². The van der Waals surface area contributed by atoms with Crippen LogP contribution in [0.3, 0.4) is 0 Å². The fourth-order valence-electron chi connectivity index (χ4n) is 3.04. The summed E-state index contributed by atoms with van der Waals surface area (Å²) >= 11 is 0. The number of nitrogens with one attached hydrogen (secondary N) is 1. The number of halogens is 3. The lowest BCUT2D eigenvalue weighted by atomic mass is 10.1. The number of pyridine rings is 1. The number of aromatic nitrogens is 1. The number of alkyl halides is 3. The van der Waals surface area contributed by atoms with Crippen molar-refractivity contribution in [1.29, 1.82) is 0 Å². The van der Waals surface area contributed by atoms with Crippen LogP contribution in [0.5, 0.6) is 11.5 Å². The van der Waals surface area contributed by atoms with Gasteiger partial charge in [0.15, 0.2) is 5.69 Å². The molecule has 0 unspecified atom stereocenters. The molecular formula is C23H19F3N2O4. The highest BCUT2D eigenvalue weighted by Crippen LogP contribution is 2.31. The Morgan fingerprint density at radius 1 is 0.969 bits per heavy atom. The van der Waals surface area contributed by atoms with E-state index in [9.17, 15) is 27.9 Å². The van der Waals surface area contributed by atoms with Crippen LogP contribution in [0.4, 0.5) is 18.9 Å². The van der Waals surface area contributed by atoms with Crippen molar-refractivity contribution in [3.63, 3.8) is 0 Å². The monoisotopic (exact) mass is 444 g/mol. The number of hydrogen-bond acceptors (Lipinski definition) is 5. The number of esters is 1. The van der Waals surface area contributed by atoms with E-state index in [1.165, 1.54) is 6.20 Å². The van der Waals surface area contributed by atoms with Crippen LogP contribution in [0.25, 0.3) is 0 Å². The second-order valence-corrected chi connectivity index (χ2v) is 7.18. The summed E-state index contributed by atoms with van der Waals surface area (Å²) in [6, 6.07) is 8.41. The normalized spacial score (nSPS) is 11.2. The number of benzene rings is 2. The lowest BCUT2D eigenvalue weighted by molar-refractivity contribution is -0.137. The molecule has 1 heterocycles. The lowest BCUT2D eigenvalue weighted by Gasteiger charge is -2.14. The second-order valence-electron chi connectivity index (χ2n) is 7.18. The summed E-state index contributed by atoms with van der Waals surface area (Å²) in [7, 11) is 0. The first kappa shape index (κ1) is 22.8. The molecule has 0 atom stereocenters. The molecular weight excluding hydrogens is 425 g/mol. The number of hydrogen-bond donors (Lipinski definition) is 2. The minimum atomic E-state index is -4.50. The van der Waals surface area contributed by atoms with Crippen molar-refractivity contribution in [3.05, 3.63) is 82.2 Å². The molecule has 166 valence electrons. The minimum absolute atomic E-state index is 0.0322. The van der Waals surface area contributed by atoms with Crippen LogP contribution in [-0.4, -0.2) is 22.0 Å². The van der Waals surface area contributed by atoms with Gasteiger partial charge in [0.2, 0.25) is 0 Å². The predicted octanol–water partition coefficient (Wildman–Crippen LogP) is 5.20. The maximum absolute atomic E-state index is 12.7. The van der Waals surface area contributed by atoms with Crippen molar-refractivity contribution < 1.29 is 32.6 Å². The number of aryl methyl sites for hydroxylation is 3. The fraction of sp³-hybridized carbons (Fsp3) is 0.174. The molecule has 0 aliphatic heterocycles. The molecule has 0 aliphatic rings. The number of amides is 1. The number of aromatic hydroxyl groups is 1. The third-order valence-corrected chi connectivity index (χ3v) is 4.70. The van der Waals surface area contributed by atoms with Gasteiger partial charge in [-0.2, -0.15) is 13.2 Å². The van der Waals surface area contributed by atoms with Crippen LogP contribution in [0.1, 0.15) is 43.1 Å². The molecule has 32 heavy (non-hydrogen) atoms. The van der Waals surface area contributed by atoms with Gasteiger partial charge in [0.05, 0.1) is 11.1 Å². The zero-order valence-corrected chi connectivity index (χ0v) is 17.4. The molecule has 0 spiro atoms. The van der Waals surface area contributed by atoms with Crippen molar-refractivity contribution in [1.82, 2.24) is 4.98 Å². The molecule has 0 saturated heterocycles. The summed E-state index contributed by atoms with van der Waals surface area (Å²) in [5.74, 6) is -1.42. The predicted molar refractivity (Wildman–Crippen MR) is 111 cm³/mol. The van der Waals surface area contributed by atoms with Gasteiger partial charge in [0, 0.05) is 11.9 Å². The van der Waals surface area contributed by atoms with Crippen molar-refractivity contribution in [2.45, 2.75) is 26.9 Å². The maximum atomic E-state index is 12.7. The van der Waals surface area contributed by atoms with Crippen LogP contribution < -0.4 is 10.1 Å². The molecule has 6 nitrogen and oxygen atoms in total. The van der Waals surface area contributed by atoms with Crippen LogP contribution >= 0.6 is 0 Å². The van der Waals surface area contributed by atoms with E-state index >= 15 is 0 Å². The van der Waals surface area contributed by atoms with Crippen LogP contribution in [0.15, 0.2) is 48.7 Å². The number of anilines is 1. The minimum Gasteiger partial charge on any atom is -0.505 e. The molecule has 2 N–H and O–H groups in total. The first-order valence-electron chi connectivity index (χ1n) is 9.44. The van der Waals surface area contributed by atoms with Gasteiger partial charge < -0.3 is 15.2 Å². The molecule has 3 rings (SSSR count). The van der Waals surface area contributed by atoms with Gasteiger partial charge in [0.25, 0.3) is 5.91 Å². The Kier molecular flexibility index (Phi) is 6.20. The Morgan fingerprint density at radius 2 is 1.56 bits per heavy atom. The van der Waals surface area contributed by atoms with Crippen molar-refractivity contribution >= 4 is 17.6 Å². The molecule has 1 aromatic heterocycles. The van der Waals surface area contributed by atoms with Gasteiger partial charge in [-0.3, -0.25) is 4.79 Å². The van der Waals surface area contributed by atoms with Gasteiger partial charge in [-0.05, 0) is 79.9 Å². The average molecular weight is 444 g/mol. The second kappa shape index (κ2) is 8.70. The van der Waals surface area contributed by atoms with E-state index in [0.29, 0.717) is 22.4 Å². The van der Waals surface area contributed by atoms with E-state index in [-0.39, 0.29) is 22.8 Å². The standard InChI is InChI=1S/C23H19F3N2O4/c1-12-8-9-27-18(19(12)29)21(30)28-17-10-13(2)20(14(3)11-17)32-22(31)15-4-6-16(7-5-15)23(24,25)26/h4-11,29H,1-3H3,(H,28,30). The highest BCUT2D eigenvalue weighted by atomic mass is 19.4. The average Bonchev–Trinajstić information content (AvgIpc) is 2.72. The third-order valence-electron chi connectivity index (χ3n) is 4.70. The highest BCUT2D eigenvalue weighted by molar-refractivity contribution is 6.05. The summed E-state index contributed by atoms with van der Waals surface area (Å²) in [6.45, 7) is 4.95. The Bertz CT molecular complexity index is 1170. The van der Waals surface area contributed by atoms with Gasteiger partial charge in [-0.25, -0.2) is 9.78 Å². The van der Waals surface area contributed by atoms with E-state index < -0.39 is 23.6 Å². The Hall–Kier alpha value is -3.88. The smallest absolute Gasteiger partial charge is 0.416 e. The number of rotatable bonds is 4. The largest absolute Gasteiger partial charge is 0.505 e. The van der Waals surface area contributed by atoms with E-state index in [0.717, 1.165) is 24.3 Å². The summed E-state index contributed by atoms with van der Waals surface area (Å²) in [6.07, 6.45) is -3.09. The molecule has 1 amide bonds. The Labute approximate surface area is 181 Å². The first-order chi connectivity index (χ1) is 15.0. The first-order valence-corrected chi connectivity index (χ1v) is 9.44. The fourth-order valence-corrected chi connectivity index (χ4v) is 3.04. The van der Waals surface area contributed by atoms with Gasteiger partial charge in [-0.1, -0.05) is 0 Å². The van der Waals surface area contributed by atoms with Crippen LogP contribution in [0, 0.1) is 20.8 Å².